The van der Waals surface area contributed by atoms with Crippen LogP contribution < -0.4 is 5.73 Å². The molecule has 0 spiro atoms. The molecule has 0 aliphatic heterocycles. The predicted octanol–water partition coefficient (Wildman–Crippen LogP) is 1.55. The molecule has 0 radical (unpaired) electrons. The number of carbonyl (C=O) groups is 1. The SMILES string of the molecule is Cc1cc(C(=O)N(C)CCCN)ccc1F. The number of carbonyl (C=O) groups excluding carboxylic acids is 1. The lowest BCUT2D eigenvalue weighted by molar-refractivity contribution is 0.0794. The number of aryl methyl sites for hydroxylation is 1. The van der Waals surface area contributed by atoms with Crippen LogP contribution in [0.15, 0.2) is 18.2 Å². The number of nitrogens with zero attached hydrogens (tertiary/aromatic N) is 1. The minimum absolute atomic E-state index is 0.100. The Hall–Kier alpha value is -1.42. The van der Waals surface area contributed by atoms with Gasteiger partial charge < -0.3 is 10.6 Å². The van der Waals surface area contributed by atoms with Crippen LogP contribution in [0.1, 0.15) is 22.3 Å². The summed E-state index contributed by atoms with van der Waals surface area (Å²) in [5, 5.41) is 0. The summed E-state index contributed by atoms with van der Waals surface area (Å²) in [5.74, 6) is -0.391. The third kappa shape index (κ3) is 3.03. The van der Waals surface area contributed by atoms with Gasteiger partial charge in [-0.15, -0.1) is 0 Å². The molecule has 0 saturated carbocycles. The predicted molar refractivity (Wildman–Crippen MR) is 61.8 cm³/mol. The fourth-order valence-electron chi connectivity index (χ4n) is 1.43. The van der Waals surface area contributed by atoms with E-state index in [-0.39, 0.29) is 11.7 Å². The minimum Gasteiger partial charge on any atom is -0.342 e. The van der Waals surface area contributed by atoms with E-state index in [9.17, 15) is 9.18 Å². The monoisotopic (exact) mass is 224 g/mol. The van der Waals surface area contributed by atoms with Gasteiger partial charge in [0, 0.05) is 19.2 Å². The molecule has 0 atom stereocenters. The largest absolute Gasteiger partial charge is 0.342 e. The highest BCUT2D eigenvalue weighted by Gasteiger charge is 2.12. The Kier molecular flexibility index (Phi) is 4.43. The molecule has 0 bridgehead atoms. The number of amides is 1. The molecule has 0 heterocycles. The van der Waals surface area contributed by atoms with Crippen LogP contribution >= 0.6 is 0 Å². The van der Waals surface area contributed by atoms with Crippen molar-refractivity contribution < 1.29 is 9.18 Å². The molecule has 16 heavy (non-hydrogen) atoms. The molecule has 2 N–H and O–H groups in total. The van der Waals surface area contributed by atoms with Crippen molar-refractivity contribution in [3.63, 3.8) is 0 Å². The van der Waals surface area contributed by atoms with E-state index < -0.39 is 0 Å². The Morgan fingerprint density at radius 1 is 1.50 bits per heavy atom. The second-order valence-corrected chi connectivity index (χ2v) is 3.83. The number of rotatable bonds is 4. The Morgan fingerprint density at radius 3 is 2.75 bits per heavy atom. The van der Waals surface area contributed by atoms with Gasteiger partial charge in [0.05, 0.1) is 0 Å². The van der Waals surface area contributed by atoms with Crippen molar-refractivity contribution in [2.24, 2.45) is 5.73 Å². The lowest BCUT2D eigenvalue weighted by Crippen LogP contribution is -2.29. The summed E-state index contributed by atoms with van der Waals surface area (Å²) in [5.41, 5.74) is 6.37. The van der Waals surface area contributed by atoms with E-state index in [1.807, 2.05) is 0 Å². The third-order valence-corrected chi connectivity index (χ3v) is 2.45. The summed E-state index contributed by atoms with van der Waals surface area (Å²) in [6, 6.07) is 4.39. The van der Waals surface area contributed by atoms with E-state index in [0.29, 0.717) is 24.2 Å². The summed E-state index contributed by atoms with van der Waals surface area (Å²) in [7, 11) is 1.72. The first-order valence-electron chi connectivity index (χ1n) is 5.28. The molecule has 1 rings (SSSR count). The van der Waals surface area contributed by atoms with Crippen molar-refractivity contribution in [2.75, 3.05) is 20.1 Å². The Balaban J connectivity index is 2.76. The minimum atomic E-state index is -0.291. The van der Waals surface area contributed by atoms with Crippen LogP contribution in [0.2, 0.25) is 0 Å². The second kappa shape index (κ2) is 5.61. The van der Waals surface area contributed by atoms with Crippen LogP contribution in [-0.4, -0.2) is 30.9 Å². The van der Waals surface area contributed by atoms with Crippen molar-refractivity contribution in [3.8, 4) is 0 Å². The van der Waals surface area contributed by atoms with Gasteiger partial charge in [0.2, 0.25) is 0 Å². The van der Waals surface area contributed by atoms with E-state index >= 15 is 0 Å². The lowest BCUT2D eigenvalue weighted by Gasteiger charge is -2.16. The molecule has 0 unspecified atom stereocenters. The van der Waals surface area contributed by atoms with Crippen LogP contribution in [0.3, 0.4) is 0 Å². The molecular formula is C12H17FN2O. The molecule has 1 aromatic rings. The van der Waals surface area contributed by atoms with E-state index in [1.165, 1.54) is 12.1 Å². The van der Waals surface area contributed by atoms with E-state index in [0.717, 1.165) is 6.42 Å². The summed E-state index contributed by atoms with van der Waals surface area (Å²) in [6.07, 6.45) is 0.766. The maximum Gasteiger partial charge on any atom is 0.253 e. The summed E-state index contributed by atoms with van der Waals surface area (Å²) in [6.45, 7) is 2.82. The maximum absolute atomic E-state index is 13.0. The highest BCUT2D eigenvalue weighted by Crippen LogP contribution is 2.11. The lowest BCUT2D eigenvalue weighted by atomic mass is 10.1. The molecule has 1 amide bonds. The zero-order chi connectivity index (χ0) is 12.1. The van der Waals surface area contributed by atoms with E-state index in [2.05, 4.69) is 0 Å². The van der Waals surface area contributed by atoms with E-state index in [4.69, 9.17) is 5.73 Å². The fraction of sp³-hybridized carbons (Fsp3) is 0.417. The molecule has 1 aromatic carbocycles. The van der Waals surface area contributed by atoms with Gasteiger partial charge in [-0.1, -0.05) is 0 Å². The third-order valence-electron chi connectivity index (χ3n) is 2.45. The fourth-order valence-corrected chi connectivity index (χ4v) is 1.43. The molecule has 3 nitrogen and oxygen atoms in total. The van der Waals surface area contributed by atoms with Gasteiger partial charge in [-0.05, 0) is 43.7 Å². The average Bonchev–Trinajstić information content (AvgIpc) is 2.28. The Bertz CT molecular complexity index is 379. The number of halogens is 1. The Labute approximate surface area is 95.0 Å². The normalized spacial score (nSPS) is 10.2. The smallest absolute Gasteiger partial charge is 0.253 e. The van der Waals surface area contributed by atoms with Crippen LogP contribution in [0.25, 0.3) is 0 Å². The van der Waals surface area contributed by atoms with E-state index in [1.54, 1.807) is 24.9 Å². The molecule has 0 saturated heterocycles. The van der Waals surface area contributed by atoms with Crippen LogP contribution in [0.4, 0.5) is 4.39 Å². The van der Waals surface area contributed by atoms with Gasteiger partial charge in [0.25, 0.3) is 5.91 Å². The van der Waals surface area contributed by atoms with Crippen LogP contribution in [-0.2, 0) is 0 Å². The highest BCUT2D eigenvalue weighted by molar-refractivity contribution is 5.94. The quantitative estimate of drug-likeness (QED) is 0.843. The molecule has 4 heteroatoms. The summed E-state index contributed by atoms with van der Waals surface area (Å²) >= 11 is 0. The van der Waals surface area contributed by atoms with Crippen molar-refractivity contribution in [3.05, 3.63) is 35.1 Å². The second-order valence-electron chi connectivity index (χ2n) is 3.83. The van der Waals surface area contributed by atoms with Gasteiger partial charge in [0.15, 0.2) is 0 Å². The number of benzene rings is 1. The molecule has 88 valence electrons. The molecule has 0 aromatic heterocycles. The summed E-state index contributed by atoms with van der Waals surface area (Å²) < 4.78 is 13.0. The highest BCUT2D eigenvalue weighted by atomic mass is 19.1. The van der Waals surface area contributed by atoms with Crippen molar-refractivity contribution in [1.82, 2.24) is 4.90 Å². The molecular weight excluding hydrogens is 207 g/mol. The van der Waals surface area contributed by atoms with Gasteiger partial charge >= 0.3 is 0 Å². The zero-order valence-electron chi connectivity index (χ0n) is 9.66. The van der Waals surface area contributed by atoms with Crippen molar-refractivity contribution >= 4 is 5.91 Å². The number of nitrogens with two attached hydrogens (primary N) is 1. The molecule has 0 fully saturated rings. The van der Waals surface area contributed by atoms with Gasteiger partial charge in [0.1, 0.15) is 5.82 Å². The summed E-state index contributed by atoms with van der Waals surface area (Å²) in [4.78, 5) is 13.5. The van der Waals surface area contributed by atoms with Crippen molar-refractivity contribution in [2.45, 2.75) is 13.3 Å². The topological polar surface area (TPSA) is 46.3 Å². The van der Waals surface area contributed by atoms with Gasteiger partial charge in [-0.3, -0.25) is 4.79 Å². The maximum atomic E-state index is 13.0. The number of hydrogen-bond acceptors (Lipinski definition) is 2. The first kappa shape index (κ1) is 12.6. The molecule has 0 aliphatic rings. The number of hydrogen-bond donors (Lipinski definition) is 1. The average molecular weight is 224 g/mol. The zero-order valence-corrected chi connectivity index (χ0v) is 9.66. The standard InChI is InChI=1S/C12H17FN2O/c1-9-8-10(4-5-11(9)13)12(16)15(2)7-3-6-14/h4-5,8H,3,6-7,14H2,1-2H3. The first-order valence-corrected chi connectivity index (χ1v) is 5.28. The van der Waals surface area contributed by atoms with Gasteiger partial charge in [-0.25, -0.2) is 4.39 Å². The van der Waals surface area contributed by atoms with Crippen LogP contribution in [0.5, 0.6) is 0 Å². The first-order chi connectivity index (χ1) is 7.56. The Morgan fingerprint density at radius 2 is 2.19 bits per heavy atom. The van der Waals surface area contributed by atoms with Crippen molar-refractivity contribution in [1.29, 1.82) is 0 Å². The molecule has 0 aliphatic carbocycles. The van der Waals surface area contributed by atoms with Gasteiger partial charge in [-0.2, -0.15) is 0 Å². The van der Waals surface area contributed by atoms with Crippen LogP contribution in [0, 0.1) is 12.7 Å².